The van der Waals surface area contributed by atoms with Gasteiger partial charge in [0.25, 0.3) is 5.69 Å². The molecule has 0 aliphatic carbocycles. The lowest BCUT2D eigenvalue weighted by molar-refractivity contribution is -0.384. The Morgan fingerprint density at radius 3 is 2.74 bits per heavy atom. The van der Waals surface area contributed by atoms with Crippen LogP contribution in [0.25, 0.3) is 28.5 Å². The van der Waals surface area contributed by atoms with Gasteiger partial charge in [-0.1, -0.05) is 42.1 Å². The number of hydrogen-bond acceptors (Lipinski definition) is 9. The van der Waals surface area contributed by atoms with E-state index in [-0.39, 0.29) is 17.3 Å². The molecule has 10 nitrogen and oxygen atoms in total. The maximum absolute atomic E-state index is 12.6. The Hall–Kier alpha value is -4.29. The first kappa shape index (κ1) is 22.5. The Balaban J connectivity index is 1.30. The highest BCUT2D eigenvalue weighted by atomic mass is 32.2. The topological polar surface area (TPSA) is 129 Å². The van der Waals surface area contributed by atoms with Crippen LogP contribution in [0.15, 0.2) is 87.9 Å². The van der Waals surface area contributed by atoms with E-state index in [0.29, 0.717) is 33.1 Å². The van der Waals surface area contributed by atoms with Crippen molar-refractivity contribution < 1.29 is 14.1 Å². The number of nitrogens with zero attached hydrogens (tertiary/aromatic N) is 5. The summed E-state index contributed by atoms with van der Waals surface area (Å²) in [6.45, 7) is 0. The van der Waals surface area contributed by atoms with Crippen molar-refractivity contribution in [1.82, 2.24) is 19.7 Å². The van der Waals surface area contributed by atoms with Gasteiger partial charge in [-0.3, -0.25) is 19.5 Å². The van der Waals surface area contributed by atoms with Crippen LogP contribution in [0.1, 0.15) is 0 Å². The van der Waals surface area contributed by atoms with Crippen molar-refractivity contribution in [3.63, 3.8) is 0 Å². The van der Waals surface area contributed by atoms with Crippen LogP contribution in [0.3, 0.4) is 0 Å². The number of aromatic nitrogens is 4. The van der Waals surface area contributed by atoms with Gasteiger partial charge >= 0.3 is 0 Å². The molecule has 0 saturated carbocycles. The zero-order valence-electron chi connectivity index (χ0n) is 17.9. The fourth-order valence-electron chi connectivity index (χ4n) is 3.27. The molecule has 5 rings (SSSR count). The normalized spacial score (nSPS) is 10.9. The number of carbonyl (C=O) groups is 1. The van der Waals surface area contributed by atoms with Crippen molar-refractivity contribution in [3.8, 4) is 28.5 Å². The average molecular weight is 505 g/mol. The number of thioether (sulfide) groups is 1. The summed E-state index contributed by atoms with van der Waals surface area (Å²) in [5, 5.41) is 25.0. The zero-order valence-corrected chi connectivity index (χ0v) is 19.5. The van der Waals surface area contributed by atoms with E-state index in [1.165, 1.54) is 35.2 Å². The van der Waals surface area contributed by atoms with Gasteiger partial charge in [-0.15, -0.1) is 21.5 Å². The molecule has 0 bridgehead atoms. The third-order valence-corrected chi connectivity index (χ3v) is 6.51. The van der Waals surface area contributed by atoms with Crippen LogP contribution in [-0.4, -0.2) is 36.3 Å². The molecule has 0 aliphatic heterocycles. The predicted octanol–water partition coefficient (Wildman–Crippen LogP) is 5.29. The Bertz CT molecular complexity index is 1480. The molecule has 3 heterocycles. The number of amides is 1. The maximum atomic E-state index is 12.6. The Kier molecular flexibility index (Phi) is 6.37. The highest BCUT2D eigenvalue weighted by Gasteiger charge is 2.19. The molecule has 0 saturated heterocycles. The van der Waals surface area contributed by atoms with Crippen molar-refractivity contribution in [2.75, 3.05) is 11.1 Å². The summed E-state index contributed by atoms with van der Waals surface area (Å²) in [6, 6.07) is 19.3. The molecule has 1 N–H and O–H groups in total. The molecule has 12 heteroatoms. The van der Waals surface area contributed by atoms with Crippen molar-refractivity contribution in [2.24, 2.45) is 0 Å². The molecule has 5 aromatic rings. The van der Waals surface area contributed by atoms with Crippen molar-refractivity contribution in [2.45, 2.75) is 5.16 Å². The van der Waals surface area contributed by atoms with Crippen molar-refractivity contribution >= 4 is 39.8 Å². The number of thiazole rings is 1. The number of non-ortho nitro benzene ring substituents is 1. The van der Waals surface area contributed by atoms with Crippen LogP contribution in [0.4, 0.5) is 10.8 Å². The summed E-state index contributed by atoms with van der Waals surface area (Å²) in [7, 11) is 0. The van der Waals surface area contributed by atoms with E-state index in [2.05, 4.69) is 20.5 Å². The first-order valence-corrected chi connectivity index (χ1v) is 12.1. The molecule has 2 aromatic carbocycles. The van der Waals surface area contributed by atoms with Crippen LogP contribution in [0, 0.1) is 10.1 Å². The number of carbonyl (C=O) groups excluding carboxylic acids is 1. The van der Waals surface area contributed by atoms with E-state index in [9.17, 15) is 14.9 Å². The van der Waals surface area contributed by atoms with E-state index in [1.54, 1.807) is 35.9 Å². The van der Waals surface area contributed by atoms with Gasteiger partial charge in [0, 0.05) is 28.8 Å². The predicted molar refractivity (Wildman–Crippen MR) is 133 cm³/mol. The number of furan rings is 1. The number of para-hydroxylation sites is 1. The second-order valence-electron chi connectivity index (χ2n) is 7.14. The number of hydrogen-bond donors (Lipinski definition) is 1. The minimum atomic E-state index is -0.457. The highest BCUT2D eigenvalue weighted by Crippen LogP contribution is 2.30. The van der Waals surface area contributed by atoms with Crippen LogP contribution < -0.4 is 5.32 Å². The number of benzene rings is 2. The van der Waals surface area contributed by atoms with Crippen LogP contribution in [-0.2, 0) is 4.79 Å². The first-order chi connectivity index (χ1) is 17.1. The number of nitro groups is 1. The molecular formula is C23H16N6O4S2. The number of nitrogens with one attached hydrogen (secondary N) is 1. The van der Waals surface area contributed by atoms with Crippen LogP contribution >= 0.6 is 23.1 Å². The standard InChI is InChI=1S/C23H16N6O4S2/c30-20(25-22-24-18(13-34-22)15-6-4-9-17(12-15)29(31)32)14-35-23-27-26-21(19-10-5-11-33-19)28(23)16-7-2-1-3-8-16/h1-13H,14H2,(H,24,25,30). The van der Waals surface area contributed by atoms with E-state index in [4.69, 9.17) is 4.42 Å². The molecule has 0 spiro atoms. The van der Waals surface area contributed by atoms with Gasteiger partial charge in [0.1, 0.15) is 0 Å². The monoisotopic (exact) mass is 504 g/mol. The second-order valence-corrected chi connectivity index (χ2v) is 8.94. The second kappa shape index (κ2) is 9.91. The zero-order chi connectivity index (χ0) is 24.2. The van der Waals surface area contributed by atoms with Crippen LogP contribution in [0.5, 0.6) is 0 Å². The molecule has 1 amide bonds. The van der Waals surface area contributed by atoms with Gasteiger partial charge in [0.05, 0.1) is 22.6 Å². The lowest BCUT2D eigenvalue weighted by Gasteiger charge is -2.08. The van der Waals surface area contributed by atoms with Gasteiger partial charge in [-0.25, -0.2) is 4.98 Å². The summed E-state index contributed by atoms with van der Waals surface area (Å²) < 4.78 is 7.34. The largest absolute Gasteiger partial charge is 0.461 e. The van der Waals surface area contributed by atoms with E-state index in [1.807, 2.05) is 34.9 Å². The minimum absolute atomic E-state index is 0.0195. The fourth-order valence-corrected chi connectivity index (χ4v) is 4.75. The molecule has 0 radical (unpaired) electrons. The SMILES string of the molecule is O=C(CSc1nnc(-c2ccco2)n1-c1ccccc1)Nc1nc(-c2cccc([N+](=O)[O-])c2)cs1. The van der Waals surface area contributed by atoms with Crippen LogP contribution in [0.2, 0.25) is 0 Å². The number of nitro benzene ring substituents is 1. The molecule has 3 aromatic heterocycles. The number of rotatable bonds is 8. The summed E-state index contributed by atoms with van der Waals surface area (Å²) in [6.07, 6.45) is 1.57. The van der Waals surface area contributed by atoms with E-state index < -0.39 is 4.92 Å². The summed E-state index contributed by atoms with van der Waals surface area (Å²) in [5.74, 6) is 0.909. The van der Waals surface area contributed by atoms with Crippen molar-refractivity contribution in [1.29, 1.82) is 0 Å². The fraction of sp³-hybridized carbons (Fsp3) is 0.0435. The molecule has 0 fully saturated rings. The third-order valence-electron chi connectivity index (χ3n) is 4.82. The third kappa shape index (κ3) is 4.98. The van der Waals surface area contributed by atoms with Gasteiger partial charge in [-0.2, -0.15) is 0 Å². The van der Waals surface area contributed by atoms with Crippen molar-refractivity contribution in [3.05, 3.63) is 88.5 Å². The molecule has 35 heavy (non-hydrogen) atoms. The Morgan fingerprint density at radius 2 is 1.97 bits per heavy atom. The number of anilines is 1. The lowest BCUT2D eigenvalue weighted by Crippen LogP contribution is -2.14. The molecule has 0 atom stereocenters. The lowest BCUT2D eigenvalue weighted by atomic mass is 10.1. The molecular weight excluding hydrogens is 488 g/mol. The Labute approximate surface area is 206 Å². The summed E-state index contributed by atoms with van der Waals surface area (Å²) in [5.41, 5.74) is 1.97. The quantitative estimate of drug-likeness (QED) is 0.171. The molecule has 174 valence electrons. The molecule has 0 aliphatic rings. The molecule has 0 unspecified atom stereocenters. The summed E-state index contributed by atoms with van der Waals surface area (Å²) >= 11 is 2.48. The smallest absolute Gasteiger partial charge is 0.270 e. The average Bonchev–Trinajstić information content (AvgIpc) is 3.64. The van der Waals surface area contributed by atoms with Gasteiger partial charge in [0.2, 0.25) is 11.7 Å². The minimum Gasteiger partial charge on any atom is -0.461 e. The van der Waals surface area contributed by atoms with E-state index in [0.717, 1.165) is 5.69 Å². The van der Waals surface area contributed by atoms with Gasteiger partial charge in [-0.05, 0) is 24.3 Å². The first-order valence-electron chi connectivity index (χ1n) is 10.3. The highest BCUT2D eigenvalue weighted by molar-refractivity contribution is 7.99. The maximum Gasteiger partial charge on any atom is 0.270 e. The Morgan fingerprint density at radius 1 is 1.11 bits per heavy atom. The van der Waals surface area contributed by atoms with Gasteiger partial charge in [0.15, 0.2) is 16.0 Å². The van der Waals surface area contributed by atoms with Gasteiger partial charge < -0.3 is 9.73 Å². The van der Waals surface area contributed by atoms with E-state index >= 15 is 0 Å². The summed E-state index contributed by atoms with van der Waals surface area (Å²) in [4.78, 5) is 27.6.